The van der Waals surface area contributed by atoms with Crippen LogP contribution in [0.4, 0.5) is 0 Å². The van der Waals surface area contributed by atoms with Crippen molar-refractivity contribution in [1.29, 1.82) is 0 Å². The van der Waals surface area contributed by atoms with Gasteiger partial charge in [0.25, 0.3) is 0 Å². The Morgan fingerprint density at radius 2 is 2.12 bits per heavy atom. The van der Waals surface area contributed by atoms with Gasteiger partial charge in [0.05, 0.1) is 21.2 Å². The lowest BCUT2D eigenvalue weighted by Gasteiger charge is -1.92. The number of hydrogen-bond acceptors (Lipinski definition) is 4. The van der Waals surface area contributed by atoms with Crippen LogP contribution in [-0.2, 0) is 0 Å². The predicted molar refractivity (Wildman–Crippen MR) is 68.4 cm³/mol. The maximum atomic E-state index is 12.0. The Morgan fingerprint density at radius 3 is 2.62 bits per heavy atom. The lowest BCUT2D eigenvalue weighted by Crippen LogP contribution is -1.94. The first-order chi connectivity index (χ1) is 7.61. The van der Waals surface area contributed by atoms with Crippen LogP contribution >= 0.6 is 34.3 Å². The average Bonchev–Trinajstić information content (AvgIpc) is 2.86. The molecule has 84 valence electrons. The van der Waals surface area contributed by atoms with Gasteiger partial charge in [0.15, 0.2) is 0 Å². The molecule has 2 aromatic heterocycles. The molecule has 0 saturated heterocycles. The number of aryl methyl sites for hydroxylation is 1. The first kappa shape index (κ1) is 11.6. The third kappa shape index (κ3) is 2.14. The van der Waals surface area contributed by atoms with E-state index in [2.05, 4.69) is 0 Å². The topological polar surface area (TPSA) is 26.3 Å². The molecule has 0 aliphatic carbocycles. The normalized spacial score (nSPS) is 10.4. The van der Waals surface area contributed by atoms with Crippen molar-refractivity contribution in [3.05, 3.63) is 37.2 Å². The number of carbonyl (C=O) groups is 1. The van der Waals surface area contributed by atoms with Gasteiger partial charge in [0.1, 0.15) is 5.75 Å². The fraction of sp³-hybridized carbons (Fsp3) is 0.182. The summed E-state index contributed by atoms with van der Waals surface area (Å²) < 4.78 is 5.72. The van der Waals surface area contributed by atoms with Gasteiger partial charge in [-0.3, -0.25) is 4.79 Å². The van der Waals surface area contributed by atoms with Crippen molar-refractivity contribution in [2.24, 2.45) is 0 Å². The van der Waals surface area contributed by atoms with Gasteiger partial charge in [0, 0.05) is 11.4 Å². The number of ether oxygens (including phenoxy) is 1. The molecule has 2 heterocycles. The maximum absolute atomic E-state index is 12.0. The number of rotatable bonds is 3. The van der Waals surface area contributed by atoms with Crippen LogP contribution in [0, 0.1) is 6.92 Å². The van der Waals surface area contributed by atoms with Crippen LogP contribution in [0.25, 0.3) is 0 Å². The maximum Gasteiger partial charge on any atom is 0.213 e. The van der Waals surface area contributed by atoms with Gasteiger partial charge in [-0.15, -0.1) is 22.7 Å². The Bertz CT molecular complexity index is 508. The van der Waals surface area contributed by atoms with E-state index in [0.29, 0.717) is 19.8 Å². The third-order valence-corrected chi connectivity index (χ3v) is 4.58. The largest absolute Gasteiger partial charge is 0.496 e. The van der Waals surface area contributed by atoms with E-state index in [1.807, 2.05) is 18.4 Å². The summed E-state index contributed by atoms with van der Waals surface area (Å²) >= 11 is 8.64. The van der Waals surface area contributed by atoms with Crippen LogP contribution in [0.1, 0.15) is 20.1 Å². The molecule has 5 heteroatoms. The summed E-state index contributed by atoms with van der Waals surface area (Å²) in [5.41, 5.74) is 0.943. The molecule has 0 saturated carbocycles. The molecule has 0 aromatic carbocycles. The molecule has 2 rings (SSSR count). The van der Waals surface area contributed by atoms with Gasteiger partial charge in [-0.05, 0) is 18.6 Å². The van der Waals surface area contributed by atoms with Crippen LogP contribution < -0.4 is 4.74 Å². The first-order valence-corrected chi connectivity index (χ1v) is 6.62. The molecule has 0 atom stereocenters. The number of ketones is 1. The molecule has 0 bridgehead atoms. The summed E-state index contributed by atoms with van der Waals surface area (Å²) in [4.78, 5) is 13.4. The summed E-state index contributed by atoms with van der Waals surface area (Å²) in [6.07, 6.45) is 0. The van der Waals surface area contributed by atoms with Crippen molar-refractivity contribution in [3.63, 3.8) is 0 Å². The van der Waals surface area contributed by atoms with Crippen molar-refractivity contribution >= 4 is 40.1 Å². The number of thiophene rings is 2. The summed E-state index contributed by atoms with van der Waals surface area (Å²) in [7, 11) is 1.59. The molecule has 2 nitrogen and oxygen atoms in total. The molecule has 0 fully saturated rings. The lowest BCUT2D eigenvalue weighted by atomic mass is 10.2. The van der Waals surface area contributed by atoms with Crippen LogP contribution in [-0.4, -0.2) is 12.9 Å². The van der Waals surface area contributed by atoms with Gasteiger partial charge in [-0.2, -0.15) is 0 Å². The molecule has 0 radical (unpaired) electrons. The molecule has 0 spiro atoms. The van der Waals surface area contributed by atoms with E-state index < -0.39 is 0 Å². The molecular weight excluding hydrogens is 264 g/mol. The minimum atomic E-state index is 0.00769. The molecular formula is C11H9ClO2S2. The van der Waals surface area contributed by atoms with Gasteiger partial charge in [-0.1, -0.05) is 11.6 Å². The van der Waals surface area contributed by atoms with Crippen molar-refractivity contribution in [2.75, 3.05) is 7.11 Å². The second-order valence-corrected chi connectivity index (χ2v) is 5.81. The van der Waals surface area contributed by atoms with Gasteiger partial charge < -0.3 is 4.74 Å². The standard InChI is InChI=1S/C11H9ClO2S2/c1-6-3-9(16-11(6)12)10(13)8-4-7(14-2)5-15-8/h3-5H,1-2H3. The highest BCUT2D eigenvalue weighted by atomic mass is 35.5. The second-order valence-electron chi connectivity index (χ2n) is 3.25. The van der Waals surface area contributed by atoms with Crippen LogP contribution in [0.2, 0.25) is 4.34 Å². The first-order valence-electron chi connectivity index (χ1n) is 4.55. The van der Waals surface area contributed by atoms with Crippen molar-refractivity contribution in [3.8, 4) is 5.75 Å². The monoisotopic (exact) mass is 272 g/mol. The minimum absolute atomic E-state index is 0.00769. The van der Waals surface area contributed by atoms with Crippen LogP contribution in [0.3, 0.4) is 0 Å². The smallest absolute Gasteiger partial charge is 0.213 e. The molecule has 0 aliphatic rings. The summed E-state index contributed by atoms with van der Waals surface area (Å²) in [5.74, 6) is 0.723. The Morgan fingerprint density at radius 1 is 1.38 bits per heavy atom. The zero-order valence-electron chi connectivity index (χ0n) is 8.74. The van der Waals surface area contributed by atoms with E-state index in [4.69, 9.17) is 16.3 Å². The highest BCUT2D eigenvalue weighted by molar-refractivity contribution is 7.19. The molecule has 2 aromatic rings. The number of methoxy groups -OCH3 is 1. The molecule has 0 N–H and O–H groups in total. The Kier molecular flexibility index (Phi) is 3.33. The van der Waals surface area contributed by atoms with Gasteiger partial charge in [-0.25, -0.2) is 0 Å². The highest BCUT2D eigenvalue weighted by Gasteiger charge is 2.15. The molecule has 0 aliphatic heterocycles. The number of halogens is 1. The van der Waals surface area contributed by atoms with Crippen LogP contribution in [0.5, 0.6) is 5.75 Å². The Balaban J connectivity index is 2.31. The highest BCUT2D eigenvalue weighted by Crippen LogP contribution is 2.31. The van der Waals surface area contributed by atoms with Gasteiger partial charge >= 0.3 is 0 Å². The summed E-state index contributed by atoms with van der Waals surface area (Å²) in [6.45, 7) is 1.89. The Labute approximate surface area is 106 Å². The second kappa shape index (κ2) is 4.57. The SMILES string of the molecule is COc1csc(C(=O)c2cc(C)c(Cl)s2)c1. The zero-order chi connectivity index (χ0) is 11.7. The average molecular weight is 273 g/mol. The minimum Gasteiger partial charge on any atom is -0.496 e. The molecule has 0 amide bonds. The summed E-state index contributed by atoms with van der Waals surface area (Å²) in [6, 6.07) is 3.57. The van der Waals surface area contributed by atoms with E-state index in [0.717, 1.165) is 5.56 Å². The van der Waals surface area contributed by atoms with E-state index in [-0.39, 0.29) is 5.78 Å². The summed E-state index contributed by atoms with van der Waals surface area (Å²) in [5, 5.41) is 1.81. The Hall–Kier alpha value is -0.840. The van der Waals surface area contributed by atoms with Crippen LogP contribution in [0.15, 0.2) is 17.5 Å². The zero-order valence-corrected chi connectivity index (χ0v) is 11.1. The lowest BCUT2D eigenvalue weighted by molar-refractivity contribution is 0.104. The number of carbonyl (C=O) groups excluding carboxylic acids is 1. The van der Waals surface area contributed by atoms with Gasteiger partial charge in [0.2, 0.25) is 5.78 Å². The van der Waals surface area contributed by atoms with E-state index in [1.54, 1.807) is 13.2 Å². The number of hydrogen-bond donors (Lipinski definition) is 0. The van der Waals surface area contributed by atoms with Crippen molar-refractivity contribution in [1.82, 2.24) is 0 Å². The van der Waals surface area contributed by atoms with E-state index in [9.17, 15) is 4.79 Å². The van der Waals surface area contributed by atoms with Crippen molar-refractivity contribution < 1.29 is 9.53 Å². The predicted octanol–water partition coefficient (Wildman–Crippen LogP) is 4.01. The van der Waals surface area contributed by atoms with Crippen molar-refractivity contribution in [2.45, 2.75) is 6.92 Å². The third-order valence-electron chi connectivity index (χ3n) is 2.12. The van der Waals surface area contributed by atoms with E-state index in [1.165, 1.54) is 22.7 Å². The molecule has 16 heavy (non-hydrogen) atoms. The fourth-order valence-corrected chi connectivity index (χ4v) is 3.27. The fourth-order valence-electron chi connectivity index (χ4n) is 1.24. The molecule has 0 unspecified atom stereocenters. The quantitative estimate of drug-likeness (QED) is 0.789. The van der Waals surface area contributed by atoms with E-state index >= 15 is 0 Å².